The summed E-state index contributed by atoms with van der Waals surface area (Å²) in [5.41, 5.74) is 3.62. The number of hydrogen-bond donors (Lipinski definition) is 0. The number of nitrogens with zero attached hydrogens (tertiary/aromatic N) is 2. The van der Waals surface area contributed by atoms with E-state index >= 15 is 0 Å². The summed E-state index contributed by atoms with van der Waals surface area (Å²) in [6, 6.07) is 9.33. The fourth-order valence-corrected chi connectivity index (χ4v) is 2.67. The fourth-order valence-electron chi connectivity index (χ4n) is 1.76. The first-order chi connectivity index (χ1) is 9.58. The monoisotopic (exact) mass is 288 g/mol. The van der Waals surface area contributed by atoms with E-state index in [0.29, 0.717) is 5.56 Å². The van der Waals surface area contributed by atoms with Crippen molar-refractivity contribution in [2.45, 2.75) is 24.8 Å². The standard InChI is InChI=1S/C15H16N2O2S/c1-10-8-11(2)17-15(16-10)20-9-12-4-6-13(7-5-12)14(18)19-3/h4-8H,9H2,1-3H3. The van der Waals surface area contributed by atoms with Crippen molar-refractivity contribution in [1.82, 2.24) is 9.97 Å². The topological polar surface area (TPSA) is 52.1 Å². The van der Waals surface area contributed by atoms with Gasteiger partial charge in [-0.3, -0.25) is 0 Å². The number of carbonyl (C=O) groups excluding carboxylic acids is 1. The summed E-state index contributed by atoms with van der Waals surface area (Å²) in [7, 11) is 1.38. The van der Waals surface area contributed by atoms with E-state index < -0.39 is 0 Å². The van der Waals surface area contributed by atoms with Crippen LogP contribution in [0.4, 0.5) is 0 Å². The highest BCUT2D eigenvalue weighted by molar-refractivity contribution is 7.98. The smallest absolute Gasteiger partial charge is 0.337 e. The summed E-state index contributed by atoms with van der Waals surface area (Å²) in [4.78, 5) is 20.1. The van der Waals surface area contributed by atoms with Gasteiger partial charge in [-0.25, -0.2) is 14.8 Å². The zero-order valence-electron chi connectivity index (χ0n) is 11.7. The Labute approximate surface area is 122 Å². The van der Waals surface area contributed by atoms with Crippen LogP contribution in [0.1, 0.15) is 27.3 Å². The first-order valence-electron chi connectivity index (χ1n) is 6.21. The molecule has 1 heterocycles. The lowest BCUT2D eigenvalue weighted by Crippen LogP contribution is -2.00. The van der Waals surface area contributed by atoms with Crippen molar-refractivity contribution in [2.75, 3.05) is 7.11 Å². The molecule has 0 spiro atoms. The number of methoxy groups -OCH3 is 1. The third-order valence-electron chi connectivity index (χ3n) is 2.70. The Balaban J connectivity index is 2.02. The number of esters is 1. The highest BCUT2D eigenvalue weighted by atomic mass is 32.2. The Kier molecular flexibility index (Phi) is 4.74. The molecule has 4 nitrogen and oxygen atoms in total. The molecule has 5 heteroatoms. The van der Waals surface area contributed by atoms with Crippen LogP contribution in [0.5, 0.6) is 0 Å². The summed E-state index contributed by atoms with van der Waals surface area (Å²) in [6.45, 7) is 3.92. The van der Waals surface area contributed by atoms with Gasteiger partial charge < -0.3 is 4.74 Å². The van der Waals surface area contributed by atoms with Crippen LogP contribution in [0.3, 0.4) is 0 Å². The maximum absolute atomic E-state index is 11.3. The summed E-state index contributed by atoms with van der Waals surface area (Å²) < 4.78 is 4.67. The first-order valence-corrected chi connectivity index (χ1v) is 7.19. The molecule has 2 aromatic rings. The highest BCUT2D eigenvalue weighted by Gasteiger charge is 2.05. The average Bonchev–Trinajstić information content (AvgIpc) is 2.44. The van der Waals surface area contributed by atoms with Gasteiger partial charge in [0, 0.05) is 17.1 Å². The first kappa shape index (κ1) is 14.5. The van der Waals surface area contributed by atoms with Gasteiger partial charge >= 0.3 is 5.97 Å². The highest BCUT2D eigenvalue weighted by Crippen LogP contribution is 2.20. The van der Waals surface area contributed by atoms with Crippen LogP contribution in [0.25, 0.3) is 0 Å². The Morgan fingerprint density at radius 2 is 1.75 bits per heavy atom. The lowest BCUT2D eigenvalue weighted by Gasteiger charge is -2.04. The number of aromatic nitrogens is 2. The second-order valence-electron chi connectivity index (χ2n) is 4.41. The molecule has 0 aliphatic rings. The van der Waals surface area contributed by atoms with Gasteiger partial charge in [0.25, 0.3) is 0 Å². The minimum atomic E-state index is -0.318. The van der Waals surface area contributed by atoms with Gasteiger partial charge in [0.15, 0.2) is 5.16 Å². The fraction of sp³-hybridized carbons (Fsp3) is 0.267. The predicted molar refractivity (Wildman–Crippen MR) is 78.8 cm³/mol. The van der Waals surface area contributed by atoms with Crippen LogP contribution in [0.2, 0.25) is 0 Å². The maximum atomic E-state index is 11.3. The molecular formula is C15H16N2O2S. The van der Waals surface area contributed by atoms with Crippen molar-refractivity contribution in [3.8, 4) is 0 Å². The molecule has 0 radical (unpaired) electrons. The lowest BCUT2D eigenvalue weighted by molar-refractivity contribution is 0.0600. The molecule has 104 valence electrons. The van der Waals surface area contributed by atoms with E-state index in [1.807, 2.05) is 32.0 Å². The van der Waals surface area contributed by atoms with E-state index in [1.54, 1.807) is 23.9 Å². The van der Waals surface area contributed by atoms with E-state index in [0.717, 1.165) is 27.9 Å². The molecule has 1 aromatic heterocycles. The third-order valence-corrected chi connectivity index (χ3v) is 3.62. The van der Waals surface area contributed by atoms with Gasteiger partial charge in [-0.2, -0.15) is 0 Å². The Bertz CT molecular complexity index is 592. The second kappa shape index (κ2) is 6.52. The molecule has 0 unspecified atom stereocenters. The Morgan fingerprint density at radius 1 is 1.15 bits per heavy atom. The van der Waals surface area contributed by atoms with Crippen molar-refractivity contribution < 1.29 is 9.53 Å². The zero-order chi connectivity index (χ0) is 14.5. The van der Waals surface area contributed by atoms with Crippen molar-refractivity contribution in [2.24, 2.45) is 0 Å². The minimum absolute atomic E-state index is 0.318. The maximum Gasteiger partial charge on any atom is 0.337 e. The molecule has 1 aromatic carbocycles. The van der Waals surface area contributed by atoms with Crippen molar-refractivity contribution in [1.29, 1.82) is 0 Å². The van der Waals surface area contributed by atoms with Gasteiger partial charge in [-0.05, 0) is 37.6 Å². The largest absolute Gasteiger partial charge is 0.465 e. The second-order valence-corrected chi connectivity index (χ2v) is 5.35. The number of thioether (sulfide) groups is 1. The zero-order valence-corrected chi connectivity index (χ0v) is 12.5. The van der Waals surface area contributed by atoms with E-state index in [9.17, 15) is 4.79 Å². The normalized spacial score (nSPS) is 10.3. The van der Waals surface area contributed by atoms with Gasteiger partial charge in [0.05, 0.1) is 12.7 Å². The summed E-state index contributed by atoms with van der Waals surface area (Å²) in [6.07, 6.45) is 0. The van der Waals surface area contributed by atoms with E-state index in [1.165, 1.54) is 7.11 Å². The molecule has 0 aliphatic carbocycles. The number of rotatable bonds is 4. The summed E-state index contributed by atoms with van der Waals surface area (Å²) >= 11 is 1.58. The minimum Gasteiger partial charge on any atom is -0.465 e. The summed E-state index contributed by atoms with van der Waals surface area (Å²) in [5.74, 6) is 0.450. The van der Waals surface area contributed by atoms with Crippen LogP contribution in [-0.4, -0.2) is 23.0 Å². The van der Waals surface area contributed by atoms with Gasteiger partial charge in [-0.15, -0.1) is 0 Å². The molecular weight excluding hydrogens is 272 g/mol. The van der Waals surface area contributed by atoms with Gasteiger partial charge in [-0.1, -0.05) is 23.9 Å². The lowest BCUT2D eigenvalue weighted by atomic mass is 10.1. The number of hydrogen-bond acceptors (Lipinski definition) is 5. The van der Waals surface area contributed by atoms with E-state index in [2.05, 4.69) is 14.7 Å². The molecule has 0 atom stereocenters. The predicted octanol–water partition coefficient (Wildman–Crippen LogP) is 3.17. The van der Waals surface area contributed by atoms with Crippen LogP contribution in [0.15, 0.2) is 35.5 Å². The number of carbonyl (C=O) groups is 1. The molecule has 0 amide bonds. The number of benzene rings is 1. The molecule has 0 N–H and O–H groups in total. The quantitative estimate of drug-likeness (QED) is 0.491. The van der Waals surface area contributed by atoms with Crippen LogP contribution in [0, 0.1) is 13.8 Å². The van der Waals surface area contributed by atoms with Crippen LogP contribution >= 0.6 is 11.8 Å². The van der Waals surface area contributed by atoms with E-state index in [4.69, 9.17) is 0 Å². The van der Waals surface area contributed by atoms with E-state index in [-0.39, 0.29) is 5.97 Å². The van der Waals surface area contributed by atoms with Crippen LogP contribution in [-0.2, 0) is 10.5 Å². The van der Waals surface area contributed by atoms with Gasteiger partial charge in [0.1, 0.15) is 0 Å². The Morgan fingerprint density at radius 3 is 2.30 bits per heavy atom. The molecule has 20 heavy (non-hydrogen) atoms. The number of ether oxygens (including phenoxy) is 1. The van der Waals surface area contributed by atoms with Crippen molar-refractivity contribution >= 4 is 17.7 Å². The van der Waals surface area contributed by atoms with Gasteiger partial charge in [0.2, 0.25) is 0 Å². The SMILES string of the molecule is COC(=O)c1ccc(CSc2nc(C)cc(C)n2)cc1. The Hall–Kier alpha value is -1.88. The molecule has 0 bridgehead atoms. The molecule has 0 aliphatic heterocycles. The molecule has 2 rings (SSSR count). The average molecular weight is 288 g/mol. The van der Waals surface area contributed by atoms with Crippen molar-refractivity contribution in [3.63, 3.8) is 0 Å². The van der Waals surface area contributed by atoms with Crippen LogP contribution < -0.4 is 0 Å². The molecule has 0 saturated carbocycles. The molecule has 0 fully saturated rings. The van der Waals surface area contributed by atoms with Crippen molar-refractivity contribution in [3.05, 3.63) is 52.8 Å². The summed E-state index contributed by atoms with van der Waals surface area (Å²) in [5, 5.41) is 0.777. The number of aryl methyl sites for hydroxylation is 2. The third kappa shape index (κ3) is 3.81. The molecule has 0 saturated heterocycles.